The molecule has 0 atom stereocenters. The smallest absolute Gasteiger partial charge is 0.335 e. The molecule has 0 aliphatic rings. The fourth-order valence-corrected chi connectivity index (χ4v) is 1.93. The van der Waals surface area contributed by atoms with Crippen molar-refractivity contribution in [1.82, 2.24) is 0 Å². The van der Waals surface area contributed by atoms with Gasteiger partial charge in [-0.2, -0.15) is 5.10 Å². The summed E-state index contributed by atoms with van der Waals surface area (Å²) in [4.78, 5) is 10.7. The Labute approximate surface area is 122 Å². The van der Waals surface area contributed by atoms with E-state index in [-0.39, 0.29) is 11.3 Å². The molecule has 0 fully saturated rings. The van der Waals surface area contributed by atoms with E-state index >= 15 is 0 Å². The number of aromatic carboxylic acids is 1. The lowest BCUT2D eigenvalue weighted by Crippen LogP contribution is -1.99. The summed E-state index contributed by atoms with van der Waals surface area (Å²) in [7, 11) is 0. The number of nitrogens with one attached hydrogen (secondary N) is 1. The van der Waals surface area contributed by atoms with Gasteiger partial charge in [0.05, 0.1) is 17.5 Å². The molecule has 21 heavy (non-hydrogen) atoms. The maximum atomic E-state index is 11.6. The number of carboxylic acids is 1. The van der Waals surface area contributed by atoms with E-state index in [1.54, 1.807) is 44.3 Å². The number of aryl methyl sites for hydroxylation is 2. The Morgan fingerprint density at radius 1 is 1.19 bits per heavy atom. The summed E-state index contributed by atoms with van der Waals surface area (Å²) in [5.41, 5.74) is 5.92. The highest BCUT2D eigenvalue weighted by Crippen LogP contribution is 2.19. The van der Waals surface area contributed by atoms with E-state index in [2.05, 4.69) is 10.5 Å². The van der Waals surface area contributed by atoms with Gasteiger partial charge in [0.2, 0.25) is 0 Å². The summed E-state index contributed by atoms with van der Waals surface area (Å²) in [5, 5.41) is 24.5. The molecule has 5 heteroatoms. The van der Waals surface area contributed by atoms with Gasteiger partial charge >= 0.3 is 5.97 Å². The zero-order valence-electron chi connectivity index (χ0n) is 11.8. The van der Waals surface area contributed by atoms with Gasteiger partial charge in [-0.3, -0.25) is 5.43 Å². The van der Waals surface area contributed by atoms with Crippen LogP contribution in [0.2, 0.25) is 0 Å². The van der Waals surface area contributed by atoms with Gasteiger partial charge in [0.1, 0.15) is 0 Å². The summed E-state index contributed by atoms with van der Waals surface area (Å²) in [6.07, 6.45) is 1.62. The van der Waals surface area contributed by atoms with E-state index in [0.717, 1.165) is 5.56 Å². The highest BCUT2D eigenvalue weighted by molar-refractivity contribution is 5.88. The Kier molecular flexibility index (Phi) is 4.23. The van der Waals surface area contributed by atoms with Crippen LogP contribution in [0, 0.1) is 13.8 Å². The predicted octanol–water partition coefficient (Wildman–Crippen LogP) is 2.52. The molecule has 0 aliphatic carbocycles. The first-order valence-corrected chi connectivity index (χ1v) is 6.38. The van der Waals surface area contributed by atoms with Crippen LogP contribution in [-0.2, 0) is 0 Å². The number of carbonyl (C=O) groups is 1. The van der Waals surface area contributed by atoms with Crippen molar-refractivity contribution in [2.24, 2.45) is 5.10 Å². The molecular weight excluding hydrogens is 268 g/mol. The SMILES string of the molecule is Cc1cc(/C=N/Nc2ccc(C(=O)O)cc2)cc(C)c1[O-]. The monoisotopic (exact) mass is 283 g/mol. The summed E-state index contributed by atoms with van der Waals surface area (Å²) < 4.78 is 0. The molecule has 0 amide bonds. The molecule has 0 unspecified atom stereocenters. The van der Waals surface area contributed by atoms with Crippen molar-refractivity contribution in [3.8, 4) is 5.75 Å². The molecule has 0 heterocycles. The van der Waals surface area contributed by atoms with Crippen LogP contribution in [0.25, 0.3) is 0 Å². The minimum atomic E-state index is -0.964. The standard InChI is InChI=1S/C16H16N2O3/c1-10-7-12(8-11(2)15(10)19)9-17-18-14-5-3-13(4-6-14)16(20)21/h3-9,18-19H,1-2H3,(H,20,21)/p-1/b17-9+. The molecule has 2 aromatic carbocycles. The van der Waals surface area contributed by atoms with Crippen molar-refractivity contribution in [3.05, 3.63) is 58.7 Å². The van der Waals surface area contributed by atoms with E-state index in [4.69, 9.17) is 5.11 Å². The maximum absolute atomic E-state index is 11.6. The van der Waals surface area contributed by atoms with Gasteiger partial charge in [0, 0.05) is 0 Å². The number of benzene rings is 2. The van der Waals surface area contributed by atoms with Crippen molar-refractivity contribution >= 4 is 17.9 Å². The van der Waals surface area contributed by atoms with Gasteiger partial charge in [-0.05, 0) is 43.7 Å². The van der Waals surface area contributed by atoms with Crippen LogP contribution in [0.15, 0.2) is 41.5 Å². The maximum Gasteiger partial charge on any atom is 0.335 e. The molecule has 0 spiro atoms. The zero-order valence-corrected chi connectivity index (χ0v) is 11.8. The van der Waals surface area contributed by atoms with Gasteiger partial charge in [-0.25, -0.2) is 4.79 Å². The van der Waals surface area contributed by atoms with Crippen molar-refractivity contribution < 1.29 is 15.0 Å². The van der Waals surface area contributed by atoms with E-state index in [1.807, 2.05) is 0 Å². The van der Waals surface area contributed by atoms with E-state index in [9.17, 15) is 9.90 Å². The van der Waals surface area contributed by atoms with Crippen LogP contribution in [0.5, 0.6) is 5.75 Å². The van der Waals surface area contributed by atoms with Crippen LogP contribution in [0.1, 0.15) is 27.0 Å². The molecule has 2 N–H and O–H groups in total. The average molecular weight is 283 g/mol. The number of anilines is 1. The third-order valence-corrected chi connectivity index (χ3v) is 3.02. The second kappa shape index (κ2) is 6.09. The number of rotatable bonds is 4. The third-order valence-electron chi connectivity index (χ3n) is 3.02. The van der Waals surface area contributed by atoms with E-state index in [1.165, 1.54) is 12.1 Å². The Morgan fingerprint density at radius 3 is 2.29 bits per heavy atom. The second-order valence-electron chi connectivity index (χ2n) is 4.74. The highest BCUT2D eigenvalue weighted by atomic mass is 16.4. The zero-order chi connectivity index (χ0) is 15.4. The molecule has 0 saturated carbocycles. The normalized spacial score (nSPS) is 10.8. The van der Waals surface area contributed by atoms with E-state index in [0.29, 0.717) is 16.8 Å². The lowest BCUT2D eigenvalue weighted by atomic mass is 10.1. The first-order chi connectivity index (χ1) is 9.97. The molecule has 2 aromatic rings. The Hall–Kier alpha value is -2.82. The fraction of sp³-hybridized carbons (Fsp3) is 0.125. The number of hydrazone groups is 1. The van der Waals surface area contributed by atoms with Crippen molar-refractivity contribution in [1.29, 1.82) is 0 Å². The average Bonchev–Trinajstić information content (AvgIpc) is 2.45. The Bertz CT molecular complexity index is 668. The largest absolute Gasteiger partial charge is 0.872 e. The van der Waals surface area contributed by atoms with Crippen molar-refractivity contribution in [2.45, 2.75) is 13.8 Å². The molecule has 0 saturated heterocycles. The lowest BCUT2D eigenvalue weighted by Gasteiger charge is -2.14. The molecule has 0 aromatic heterocycles. The van der Waals surface area contributed by atoms with Gasteiger partial charge < -0.3 is 10.2 Å². The lowest BCUT2D eigenvalue weighted by molar-refractivity contribution is -0.270. The topological polar surface area (TPSA) is 84.8 Å². The first-order valence-electron chi connectivity index (χ1n) is 6.38. The summed E-state index contributed by atoms with van der Waals surface area (Å²) in [5.74, 6) is -0.918. The van der Waals surface area contributed by atoms with Gasteiger partial charge in [0.15, 0.2) is 0 Å². The van der Waals surface area contributed by atoms with Gasteiger partial charge in [-0.1, -0.05) is 23.3 Å². The molecule has 0 aliphatic heterocycles. The van der Waals surface area contributed by atoms with Gasteiger partial charge in [0.25, 0.3) is 0 Å². The minimum Gasteiger partial charge on any atom is -0.872 e. The van der Waals surface area contributed by atoms with Crippen LogP contribution in [0.4, 0.5) is 5.69 Å². The molecule has 0 bridgehead atoms. The summed E-state index contributed by atoms with van der Waals surface area (Å²) in [6, 6.07) is 9.82. The Balaban J connectivity index is 2.07. The minimum absolute atomic E-state index is 0.0457. The van der Waals surface area contributed by atoms with Crippen molar-refractivity contribution in [2.75, 3.05) is 5.43 Å². The molecular formula is C16H15N2O3-. The molecule has 0 radical (unpaired) electrons. The highest BCUT2D eigenvalue weighted by Gasteiger charge is 2.00. The van der Waals surface area contributed by atoms with Crippen molar-refractivity contribution in [3.63, 3.8) is 0 Å². The van der Waals surface area contributed by atoms with E-state index < -0.39 is 5.97 Å². The Morgan fingerprint density at radius 2 is 1.76 bits per heavy atom. The number of hydrogen-bond acceptors (Lipinski definition) is 4. The summed E-state index contributed by atoms with van der Waals surface area (Å²) in [6.45, 7) is 3.54. The van der Waals surface area contributed by atoms with Crippen LogP contribution < -0.4 is 10.5 Å². The number of hydrogen-bond donors (Lipinski definition) is 2. The van der Waals surface area contributed by atoms with Crippen LogP contribution >= 0.6 is 0 Å². The molecule has 5 nitrogen and oxygen atoms in total. The van der Waals surface area contributed by atoms with Crippen LogP contribution in [0.3, 0.4) is 0 Å². The fourth-order valence-electron chi connectivity index (χ4n) is 1.93. The second-order valence-corrected chi connectivity index (χ2v) is 4.74. The number of nitrogens with zero attached hydrogens (tertiary/aromatic N) is 1. The third kappa shape index (κ3) is 3.60. The van der Waals surface area contributed by atoms with Crippen LogP contribution in [-0.4, -0.2) is 17.3 Å². The first kappa shape index (κ1) is 14.6. The number of carboxylic acid groups (broad SMARTS) is 1. The predicted molar refractivity (Wildman–Crippen MR) is 80.0 cm³/mol. The summed E-state index contributed by atoms with van der Waals surface area (Å²) >= 11 is 0. The molecule has 2 rings (SSSR count). The quantitative estimate of drug-likeness (QED) is 0.667. The van der Waals surface area contributed by atoms with Gasteiger partial charge in [-0.15, -0.1) is 5.75 Å². The molecule has 108 valence electrons.